The molecule has 1 N–H and O–H groups in total. The molecule has 0 saturated carbocycles. The van der Waals surface area contributed by atoms with Crippen LogP contribution in [0.5, 0.6) is 0 Å². The van der Waals surface area contributed by atoms with Crippen LogP contribution in [-0.4, -0.2) is 15.9 Å². The van der Waals surface area contributed by atoms with Gasteiger partial charge in [0.15, 0.2) is 4.96 Å². The van der Waals surface area contributed by atoms with E-state index in [0.717, 1.165) is 30.0 Å². The molecule has 1 unspecified atom stereocenters. The van der Waals surface area contributed by atoms with E-state index in [1.807, 2.05) is 11.3 Å². The molecule has 0 spiro atoms. The molecule has 1 aliphatic rings. The van der Waals surface area contributed by atoms with Crippen molar-refractivity contribution >= 4 is 27.3 Å². The van der Waals surface area contributed by atoms with Crippen LogP contribution in [0.4, 0.5) is 0 Å². The number of thiazole rings is 1. The first-order chi connectivity index (χ1) is 11.9. The van der Waals surface area contributed by atoms with Gasteiger partial charge in [-0.15, -0.1) is 0 Å². The number of benzene rings is 2. The first-order valence-electron chi connectivity index (χ1n) is 8.53. The number of nitrogens with one attached hydrogen (secondary N) is 1. The van der Waals surface area contributed by atoms with Gasteiger partial charge in [-0.05, 0) is 30.5 Å². The molecule has 0 saturated heterocycles. The summed E-state index contributed by atoms with van der Waals surface area (Å²) in [5.74, 6) is 0.542. The third-order valence-electron chi connectivity index (χ3n) is 4.96. The average Bonchev–Trinajstić information content (AvgIpc) is 3.16. The Bertz CT molecular complexity index is 1000. The Morgan fingerprint density at radius 2 is 1.92 bits per heavy atom. The van der Waals surface area contributed by atoms with Gasteiger partial charge in [-0.1, -0.05) is 53.8 Å². The highest BCUT2D eigenvalue weighted by molar-refractivity contribution is 7.17. The van der Waals surface area contributed by atoms with Gasteiger partial charge in [-0.2, -0.15) is 0 Å². The third kappa shape index (κ3) is 2.26. The molecule has 0 aliphatic carbocycles. The normalized spacial score (nSPS) is 17.4. The number of hydrogen-bond acceptors (Lipinski definition) is 3. The van der Waals surface area contributed by atoms with Gasteiger partial charge in [0, 0.05) is 29.6 Å². The van der Waals surface area contributed by atoms with Crippen LogP contribution >= 0.6 is 11.3 Å². The van der Waals surface area contributed by atoms with E-state index in [1.165, 1.54) is 28.1 Å². The van der Waals surface area contributed by atoms with Gasteiger partial charge in [0.1, 0.15) is 0 Å². The fraction of sp³-hybridized carbons (Fsp3) is 0.250. The summed E-state index contributed by atoms with van der Waals surface area (Å²) in [6, 6.07) is 19.3. The van der Waals surface area contributed by atoms with E-state index in [-0.39, 0.29) is 0 Å². The molecular formula is C20H19N3S. The number of imidazole rings is 1. The van der Waals surface area contributed by atoms with E-state index in [1.54, 1.807) is 0 Å². The van der Waals surface area contributed by atoms with Crippen LogP contribution in [0.15, 0.2) is 54.6 Å². The molecular weight excluding hydrogens is 314 g/mol. The molecule has 3 nitrogen and oxygen atoms in total. The van der Waals surface area contributed by atoms with Gasteiger partial charge in [-0.3, -0.25) is 4.40 Å². The van der Waals surface area contributed by atoms with Gasteiger partial charge in [0.05, 0.1) is 11.0 Å². The molecule has 2 aromatic carbocycles. The number of para-hydroxylation sites is 2. The molecule has 5 rings (SSSR count). The topological polar surface area (TPSA) is 29.3 Å². The summed E-state index contributed by atoms with van der Waals surface area (Å²) in [5, 5.41) is 3.60. The number of nitrogens with zero attached hydrogens (tertiary/aromatic N) is 2. The maximum Gasteiger partial charge on any atom is 0.195 e. The van der Waals surface area contributed by atoms with Crippen LogP contribution in [0, 0.1) is 0 Å². The van der Waals surface area contributed by atoms with Crippen molar-refractivity contribution in [2.75, 3.05) is 6.54 Å². The van der Waals surface area contributed by atoms with E-state index in [0.29, 0.717) is 5.92 Å². The zero-order valence-corrected chi connectivity index (χ0v) is 14.2. The molecule has 1 atom stereocenters. The Balaban J connectivity index is 1.57. The van der Waals surface area contributed by atoms with Gasteiger partial charge in [0.25, 0.3) is 0 Å². The first-order valence-corrected chi connectivity index (χ1v) is 9.35. The van der Waals surface area contributed by atoms with E-state index < -0.39 is 0 Å². The van der Waals surface area contributed by atoms with Gasteiger partial charge >= 0.3 is 0 Å². The minimum absolute atomic E-state index is 0.542. The van der Waals surface area contributed by atoms with Crippen molar-refractivity contribution in [1.29, 1.82) is 0 Å². The molecule has 0 bridgehead atoms. The van der Waals surface area contributed by atoms with Gasteiger partial charge in [0.2, 0.25) is 0 Å². The lowest BCUT2D eigenvalue weighted by atomic mass is 9.93. The monoisotopic (exact) mass is 333 g/mol. The highest BCUT2D eigenvalue weighted by Gasteiger charge is 2.26. The minimum atomic E-state index is 0.542. The number of aromatic nitrogens is 2. The van der Waals surface area contributed by atoms with E-state index >= 15 is 0 Å². The fourth-order valence-corrected chi connectivity index (χ4v) is 5.00. The van der Waals surface area contributed by atoms with Crippen molar-refractivity contribution in [3.63, 3.8) is 0 Å². The second kappa shape index (κ2) is 5.72. The molecule has 2 aromatic heterocycles. The molecule has 0 radical (unpaired) electrons. The largest absolute Gasteiger partial charge is 0.311 e. The molecule has 0 amide bonds. The molecule has 24 heavy (non-hydrogen) atoms. The Labute approximate surface area is 145 Å². The van der Waals surface area contributed by atoms with Crippen molar-refractivity contribution < 1.29 is 0 Å². The molecule has 4 aromatic rings. The lowest BCUT2D eigenvalue weighted by Crippen LogP contribution is -2.28. The molecule has 1 aliphatic heterocycles. The first kappa shape index (κ1) is 14.2. The predicted molar refractivity (Wildman–Crippen MR) is 99.8 cm³/mol. The maximum absolute atomic E-state index is 4.83. The van der Waals surface area contributed by atoms with Crippen molar-refractivity contribution in [2.24, 2.45) is 0 Å². The van der Waals surface area contributed by atoms with Crippen molar-refractivity contribution in [2.45, 2.75) is 25.3 Å². The lowest BCUT2D eigenvalue weighted by molar-refractivity contribution is 0.506. The molecule has 120 valence electrons. The second-order valence-electron chi connectivity index (χ2n) is 6.48. The Hall–Kier alpha value is -2.17. The minimum Gasteiger partial charge on any atom is -0.311 e. The predicted octanol–water partition coefficient (Wildman–Crippen LogP) is 4.37. The maximum atomic E-state index is 4.83. The van der Waals surface area contributed by atoms with Crippen LogP contribution in [0.1, 0.15) is 28.5 Å². The summed E-state index contributed by atoms with van der Waals surface area (Å²) in [6.45, 7) is 2.03. The number of rotatable bonds is 3. The van der Waals surface area contributed by atoms with Crippen molar-refractivity contribution in [3.8, 4) is 0 Å². The van der Waals surface area contributed by atoms with Crippen molar-refractivity contribution in [3.05, 3.63) is 70.7 Å². The molecule has 4 heteroatoms. The van der Waals surface area contributed by atoms with E-state index in [9.17, 15) is 0 Å². The average molecular weight is 333 g/mol. The van der Waals surface area contributed by atoms with E-state index in [4.69, 9.17) is 4.98 Å². The highest BCUT2D eigenvalue weighted by Crippen LogP contribution is 2.36. The Morgan fingerprint density at radius 1 is 1.08 bits per heavy atom. The van der Waals surface area contributed by atoms with Crippen LogP contribution in [0.3, 0.4) is 0 Å². The summed E-state index contributed by atoms with van der Waals surface area (Å²) in [6.07, 6.45) is 2.29. The smallest absolute Gasteiger partial charge is 0.195 e. The third-order valence-corrected chi connectivity index (χ3v) is 6.01. The fourth-order valence-electron chi connectivity index (χ4n) is 3.81. The Morgan fingerprint density at radius 3 is 2.83 bits per heavy atom. The summed E-state index contributed by atoms with van der Waals surface area (Å²) in [5.41, 5.74) is 5.26. The summed E-state index contributed by atoms with van der Waals surface area (Å²) < 4.78 is 2.41. The quantitative estimate of drug-likeness (QED) is 0.603. The number of aryl methyl sites for hydroxylation is 1. The van der Waals surface area contributed by atoms with Gasteiger partial charge < -0.3 is 5.32 Å². The highest BCUT2D eigenvalue weighted by atomic mass is 32.1. The van der Waals surface area contributed by atoms with Crippen LogP contribution in [0.25, 0.3) is 16.0 Å². The van der Waals surface area contributed by atoms with Gasteiger partial charge in [-0.25, -0.2) is 4.98 Å². The lowest BCUT2D eigenvalue weighted by Gasteiger charge is -2.24. The Kier molecular flexibility index (Phi) is 3.39. The summed E-state index contributed by atoms with van der Waals surface area (Å²) in [7, 11) is 0. The summed E-state index contributed by atoms with van der Waals surface area (Å²) in [4.78, 5) is 7.41. The van der Waals surface area contributed by atoms with Crippen LogP contribution < -0.4 is 5.32 Å². The number of hydrogen-bond donors (Lipinski definition) is 1. The molecule has 3 heterocycles. The van der Waals surface area contributed by atoms with Crippen LogP contribution in [0.2, 0.25) is 0 Å². The molecule has 0 fully saturated rings. The number of fused-ring (bicyclic) bond motifs is 5. The second-order valence-corrected chi connectivity index (χ2v) is 7.54. The zero-order valence-electron chi connectivity index (χ0n) is 13.4. The SMILES string of the molecule is c1ccc(CCC2CNCc3sc4nc5ccccc5n4c32)cc1. The summed E-state index contributed by atoms with van der Waals surface area (Å²) >= 11 is 1.84. The standard InChI is InChI=1S/C20H19N3S/c1-2-6-14(7-3-1)10-11-15-12-21-13-18-19(15)23-17-9-5-4-8-16(17)22-20(23)24-18/h1-9,15,21H,10-13H2. The van der Waals surface area contributed by atoms with E-state index in [2.05, 4.69) is 64.3 Å². The van der Waals surface area contributed by atoms with Crippen LogP contribution in [-0.2, 0) is 13.0 Å². The zero-order chi connectivity index (χ0) is 15.9. The van der Waals surface area contributed by atoms with Crippen molar-refractivity contribution in [1.82, 2.24) is 14.7 Å².